The highest BCUT2D eigenvalue weighted by atomic mass is 16.6. The Labute approximate surface area is 78.1 Å². The van der Waals surface area contributed by atoms with Crippen molar-refractivity contribution in [1.29, 1.82) is 0 Å². The van der Waals surface area contributed by atoms with Crippen molar-refractivity contribution in [3.8, 4) is 0 Å². The lowest BCUT2D eigenvalue weighted by Crippen LogP contribution is -2.10. The molecule has 0 aromatic carbocycles. The lowest BCUT2D eigenvalue weighted by molar-refractivity contribution is -0.155. The van der Waals surface area contributed by atoms with Crippen LogP contribution in [0.4, 0.5) is 0 Å². The first kappa shape index (κ1) is 11.6. The molecule has 0 atom stereocenters. The number of carbonyl (C=O) groups is 2. The van der Waals surface area contributed by atoms with Gasteiger partial charge in [0, 0.05) is 6.08 Å². The third-order valence-corrected chi connectivity index (χ3v) is 1.07. The molecule has 0 bridgehead atoms. The number of allylic oxidation sites excluding steroid dienone is 1. The maximum Gasteiger partial charge on any atom is 0.338 e. The van der Waals surface area contributed by atoms with Gasteiger partial charge >= 0.3 is 11.9 Å². The van der Waals surface area contributed by atoms with Crippen molar-refractivity contribution < 1.29 is 14.3 Å². The smallest absolute Gasteiger partial charge is 0.338 e. The van der Waals surface area contributed by atoms with E-state index in [0.717, 1.165) is 5.57 Å². The van der Waals surface area contributed by atoms with Crippen LogP contribution in [0, 0.1) is 0 Å². The number of rotatable bonds is 3. The highest BCUT2D eigenvalue weighted by molar-refractivity contribution is 5.92. The fourth-order valence-electron chi connectivity index (χ4n) is 0.660. The van der Waals surface area contributed by atoms with E-state index in [1.165, 1.54) is 6.08 Å². The van der Waals surface area contributed by atoms with E-state index in [0.29, 0.717) is 5.57 Å². The standard InChI is InChI=1S/C10H14O3/c1-7(2)5-9(11)13-10(12)6-8(3)4/h6H,1,5H2,2-4H3. The molecule has 3 nitrogen and oxygen atoms in total. The van der Waals surface area contributed by atoms with Crippen molar-refractivity contribution in [2.75, 3.05) is 0 Å². The van der Waals surface area contributed by atoms with Crippen LogP contribution in [-0.2, 0) is 14.3 Å². The first-order valence-electron chi connectivity index (χ1n) is 3.95. The molecule has 0 aliphatic heterocycles. The predicted molar refractivity (Wildman–Crippen MR) is 50.0 cm³/mol. The molecule has 0 aromatic heterocycles. The number of ether oxygens (including phenoxy) is 1. The summed E-state index contributed by atoms with van der Waals surface area (Å²) in [4.78, 5) is 21.8. The van der Waals surface area contributed by atoms with E-state index in [4.69, 9.17) is 0 Å². The van der Waals surface area contributed by atoms with Crippen molar-refractivity contribution in [2.24, 2.45) is 0 Å². The molecule has 0 N–H and O–H groups in total. The molecule has 0 spiro atoms. The van der Waals surface area contributed by atoms with E-state index < -0.39 is 11.9 Å². The van der Waals surface area contributed by atoms with E-state index in [9.17, 15) is 9.59 Å². The maximum absolute atomic E-state index is 10.9. The van der Waals surface area contributed by atoms with Crippen LogP contribution in [0.3, 0.4) is 0 Å². The molecule has 72 valence electrons. The van der Waals surface area contributed by atoms with Gasteiger partial charge in [0.05, 0.1) is 6.42 Å². The molecule has 0 aromatic rings. The van der Waals surface area contributed by atoms with Crippen LogP contribution in [0.15, 0.2) is 23.8 Å². The van der Waals surface area contributed by atoms with Gasteiger partial charge in [-0.3, -0.25) is 4.79 Å². The second kappa shape index (κ2) is 5.30. The molecule has 0 unspecified atom stereocenters. The Bertz CT molecular complexity index is 257. The highest BCUT2D eigenvalue weighted by Gasteiger charge is 2.07. The largest absolute Gasteiger partial charge is 0.390 e. The molecule has 3 heteroatoms. The van der Waals surface area contributed by atoms with E-state index in [1.54, 1.807) is 20.8 Å². The average molecular weight is 182 g/mol. The van der Waals surface area contributed by atoms with Gasteiger partial charge in [-0.25, -0.2) is 4.79 Å². The molecule has 0 heterocycles. The average Bonchev–Trinajstić information content (AvgIpc) is 1.80. The second-order valence-corrected chi connectivity index (χ2v) is 3.15. The first-order chi connectivity index (χ1) is 5.91. The molecular weight excluding hydrogens is 168 g/mol. The Kier molecular flexibility index (Phi) is 4.74. The zero-order valence-electron chi connectivity index (χ0n) is 8.22. The van der Waals surface area contributed by atoms with Crippen LogP contribution >= 0.6 is 0 Å². The quantitative estimate of drug-likeness (QED) is 0.290. The molecular formula is C10H14O3. The van der Waals surface area contributed by atoms with Gasteiger partial charge in [-0.1, -0.05) is 17.7 Å². The van der Waals surface area contributed by atoms with Gasteiger partial charge in [-0.05, 0) is 20.8 Å². The Morgan fingerprint density at radius 2 is 1.85 bits per heavy atom. The van der Waals surface area contributed by atoms with Gasteiger partial charge < -0.3 is 4.74 Å². The Balaban J connectivity index is 4.00. The van der Waals surface area contributed by atoms with Gasteiger partial charge in [0.1, 0.15) is 0 Å². The fraction of sp³-hybridized carbons (Fsp3) is 0.400. The predicted octanol–water partition coefficient (Wildman–Crippen LogP) is 1.99. The molecule has 0 aliphatic carbocycles. The molecule has 0 rings (SSSR count). The topological polar surface area (TPSA) is 43.4 Å². The summed E-state index contributed by atoms with van der Waals surface area (Å²) in [5.74, 6) is -1.18. The molecule has 0 fully saturated rings. The van der Waals surface area contributed by atoms with E-state index >= 15 is 0 Å². The normalized spacial score (nSPS) is 8.85. The third kappa shape index (κ3) is 7.00. The fourth-order valence-corrected chi connectivity index (χ4v) is 0.660. The van der Waals surface area contributed by atoms with Crippen LogP contribution in [0.5, 0.6) is 0 Å². The van der Waals surface area contributed by atoms with Gasteiger partial charge in [-0.2, -0.15) is 0 Å². The summed E-state index contributed by atoms with van der Waals surface area (Å²) >= 11 is 0. The third-order valence-electron chi connectivity index (χ3n) is 1.07. The van der Waals surface area contributed by atoms with Crippen LogP contribution in [0.25, 0.3) is 0 Å². The molecule has 13 heavy (non-hydrogen) atoms. The van der Waals surface area contributed by atoms with Crippen LogP contribution in [0.2, 0.25) is 0 Å². The molecule has 0 saturated carbocycles. The van der Waals surface area contributed by atoms with Gasteiger partial charge in [0.25, 0.3) is 0 Å². The van der Waals surface area contributed by atoms with E-state index in [2.05, 4.69) is 11.3 Å². The Morgan fingerprint density at radius 1 is 1.31 bits per heavy atom. The second-order valence-electron chi connectivity index (χ2n) is 3.15. The summed E-state index contributed by atoms with van der Waals surface area (Å²) in [6.45, 7) is 8.75. The summed E-state index contributed by atoms with van der Waals surface area (Å²) in [6.07, 6.45) is 1.36. The minimum Gasteiger partial charge on any atom is -0.390 e. The maximum atomic E-state index is 10.9. The van der Waals surface area contributed by atoms with Gasteiger partial charge in [-0.15, -0.1) is 0 Å². The minimum absolute atomic E-state index is 0.0857. The van der Waals surface area contributed by atoms with Crippen molar-refractivity contribution in [3.05, 3.63) is 23.8 Å². The molecule has 0 saturated heterocycles. The summed E-state index contributed by atoms with van der Waals surface area (Å²) < 4.78 is 4.46. The minimum atomic E-state index is -0.619. The highest BCUT2D eigenvalue weighted by Crippen LogP contribution is 1.99. The van der Waals surface area contributed by atoms with Gasteiger partial charge in [0.2, 0.25) is 0 Å². The van der Waals surface area contributed by atoms with Crippen LogP contribution in [-0.4, -0.2) is 11.9 Å². The van der Waals surface area contributed by atoms with Crippen LogP contribution in [0.1, 0.15) is 27.2 Å². The lowest BCUT2D eigenvalue weighted by atomic mass is 10.2. The van der Waals surface area contributed by atoms with Crippen molar-refractivity contribution in [3.63, 3.8) is 0 Å². The summed E-state index contributed by atoms with van der Waals surface area (Å²) in [5, 5.41) is 0. The zero-order chi connectivity index (χ0) is 10.4. The van der Waals surface area contributed by atoms with Crippen molar-refractivity contribution in [2.45, 2.75) is 27.2 Å². The van der Waals surface area contributed by atoms with Gasteiger partial charge in [0.15, 0.2) is 0 Å². The molecule has 0 aliphatic rings. The number of esters is 2. The monoisotopic (exact) mass is 182 g/mol. The Hall–Kier alpha value is -1.38. The number of hydrogen-bond acceptors (Lipinski definition) is 3. The Morgan fingerprint density at radius 3 is 2.23 bits per heavy atom. The zero-order valence-corrected chi connectivity index (χ0v) is 8.22. The number of hydrogen-bond donors (Lipinski definition) is 0. The number of carbonyl (C=O) groups excluding carboxylic acids is 2. The van der Waals surface area contributed by atoms with E-state index in [-0.39, 0.29) is 6.42 Å². The first-order valence-corrected chi connectivity index (χ1v) is 3.95. The molecule has 0 radical (unpaired) electrons. The summed E-state index contributed by atoms with van der Waals surface area (Å²) in [6, 6.07) is 0. The van der Waals surface area contributed by atoms with Crippen molar-refractivity contribution >= 4 is 11.9 Å². The molecule has 0 amide bonds. The van der Waals surface area contributed by atoms with E-state index in [1.807, 2.05) is 0 Å². The van der Waals surface area contributed by atoms with Crippen LogP contribution < -0.4 is 0 Å². The summed E-state index contributed by atoms with van der Waals surface area (Å²) in [5.41, 5.74) is 1.48. The van der Waals surface area contributed by atoms with Crippen molar-refractivity contribution in [1.82, 2.24) is 0 Å². The SMILES string of the molecule is C=C(C)CC(=O)OC(=O)C=C(C)C. The summed E-state index contributed by atoms with van der Waals surface area (Å²) in [7, 11) is 0. The lowest BCUT2D eigenvalue weighted by Gasteiger charge is -1.99.